The second kappa shape index (κ2) is 4.82. The maximum Gasteiger partial charge on any atom is 0.387 e. The van der Waals surface area contributed by atoms with Crippen molar-refractivity contribution in [2.24, 2.45) is 0 Å². The fraction of sp³-hybridized carbons (Fsp3) is 0.538. The molecular formula is C13H15F2NO2. The molecule has 0 amide bonds. The van der Waals surface area contributed by atoms with Gasteiger partial charge in [-0.25, -0.2) is 0 Å². The Morgan fingerprint density at radius 2 is 2.28 bits per heavy atom. The number of benzene rings is 1. The van der Waals surface area contributed by atoms with Gasteiger partial charge in [0.2, 0.25) is 0 Å². The Balaban J connectivity index is 1.86. The van der Waals surface area contributed by atoms with E-state index in [1.54, 1.807) is 12.1 Å². The van der Waals surface area contributed by atoms with Gasteiger partial charge < -0.3 is 14.8 Å². The Kier molecular flexibility index (Phi) is 3.18. The molecule has 98 valence electrons. The van der Waals surface area contributed by atoms with Gasteiger partial charge in [-0.2, -0.15) is 8.78 Å². The maximum atomic E-state index is 12.2. The second-order valence-electron chi connectivity index (χ2n) is 4.66. The van der Waals surface area contributed by atoms with E-state index in [1.807, 2.05) is 6.07 Å². The zero-order valence-electron chi connectivity index (χ0n) is 9.86. The summed E-state index contributed by atoms with van der Waals surface area (Å²) in [5.41, 5.74) is 2.08. The monoisotopic (exact) mass is 255 g/mol. The first-order chi connectivity index (χ1) is 8.74. The molecule has 2 atom stereocenters. The minimum Gasteiger partial charge on any atom is -0.435 e. The lowest BCUT2D eigenvalue weighted by molar-refractivity contribution is -0.0505. The van der Waals surface area contributed by atoms with Crippen molar-refractivity contribution in [3.63, 3.8) is 0 Å². The molecule has 0 bridgehead atoms. The highest BCUT2D eigenvalue weighted by Crippen LogP contribution is 2.35. The van der Waals surface area contributed by atoms with Crippen LogP contribution in [-0.4, -0.2) is 19.3 Å². The lowest BCUT2D eigenvalue weighted by atomic mass is 9.89. The quantitative estimate of drug-likeness (QED) is 0.881. The lowest BCUT2D eigenvalue weighted by Gasteiger charge is -2.37. The van der Waals surface area contributed by atoms with Gasteiger partial charge in [0.05, 0.1) is 18.8 Å². The fourth-order valence-electron chi connectivity index (χ4n) is 2.73. The molecule has 3 nitrogen and oxygen atoms in total. The summed E-state index contributed by atoms with van der Waals surface area (Å²) in [6.45, 7) is -1.34. The van der Waals surface area contributed by atoms with Crippen molar-refractivity contribution in [2.75, 3.05) is 6.54 Å². The van der Waals surface area contributed by atoms with E-state index in [9.17, 15) is 8.78 Å². The van der Waals surface area contributed by atoms with Crippen LogP contribution in [-0.2, 0) is 11.3 Å². The van der Waals surface area contributed by atoms with Crippen molar-refractivity contribution in [3.05, 3.63) is 29.3 Å². The number of halogens is 2. The molecule has 1 fully saturated rings. The summed E-state index contributed by atoms with van der Waals surface area (Å²) in [6, 6.07) is 5.30. The maximum absolute atomic E-state index is 12.2. The summed E-state index contributed by atoms with van der Waals surface area (Å²) in [7, 11) is 0. The van der Waals surface area contributed by atoms with Crippen LogP contribution in [0.3, 0.4) is 0 Å². The number of alkyl halides is 2. The zero-order chi connectivity index (χ0) is 12.5. The van der Waals surface area contributed by atoms with E-state index in [-0.39, 0.29) is 17.9 Å². The van der Waals surface area contributed by atoms with Gasteiger partial charge in [-0.15, -0.1) is 0 Å². The van der Waals surface area contributed by atoms with Crippen molar-refractivity contribution in [1.29, 1.82) is 0 Å². The van der Waals surface area contributed by atoms with Gasteiger partial charge >= 0.3 is 6.61 Å². The van der Waals surface area contributed by atoms with Crippen LogP contribution >= 0.6 is 0 Å². The standard InChI is InChI=1S/C13H15F2NO2/c14-13(15)18-9-3-4-10-8(6-9)7-17-11-2-1-5-16-12(10)11/h3-4,6,11-13,16H,1-2,5,7H2/t11-,12-/m0/s1. The minimum absolute atomic E-state index is 0.183. The van der Waals surface area contributed by atoms with Crippen molar-refractivity contribution in [2.45, 2.75) is 38.2 Å². The summed E-state index contributed by atoms with van der Waals surface area (Å²) < 4.78 is 34.5. The molecule has 0 spiro atoms. The number of fused-ring (bicyclic) bond motifs is 3. The van der Waals surface area contributed by atoms with Crippen LogP contribution in [0.5, 0.6) is 5.75 Å². The number of nitrogens with one attached hydrogen (secondary N) is 1. The molecule has 2 aliphatic heterocycles. The molecule has 1 aromatic carbocycles. The summed E-state index contributed by atoms with van der Waals surface area (Å²) >= 11 is 0. The Hall–Kier alpha value is -1.20. The summed E-state index contributed by atoms with van der Waals surface area (Å²) in [4.78, 5) is 0. The van der Waals surface area contributed by atoms with Crippen molar-refractivity contribution < 1.29 is 18.3 Å². The highest BCUT2D eigenvalue weighted by molar-refractivity contribution is 5.39. The molecule has 1 aromatic rings. The third-order valence-electron chi connectivity index (χ3n) is 3.53. The zero-order valence-corrected chi connectivity index (χ0v) is 9.86. The van der Waals surface area contributed by atoms with Crippen LogP contribution in [0.4, 0.5) is 8.78 Å². The molecule has 5 heteroatoms. The van der Waals surface area contributed by atoms with Gasteiger partial charge in [-0.3, -0.25) is 0 Å². The van der Waals surface area contributed by atoms with E-state index in [1.165, 1.54) is 0 Å². The largest absolute Gasteiger partial charge is 0.435 e. The molecule has 1 N–H and O–H groups in total. The topological polar surface area (TPSA) is 30.5 Å². The number of rotatable bonds is 2. The number of hydrogen-bond acceptors (Lipinski definition) is 3. The van der Waals surface area contributed by atoms with E-state index in [0.29, 0.717) is 6.61 Å². The van der Waals surface area contributed by atoms with Crippen LogP contribution in [0.2, 0.25) is 0 Å². The third-order valence-corrected chi connectivity index (χ3v) is 3.53. The van der Waals surface area contributed by atoms with Crippen LogP contribution < -0.4 is 10.1 Å². The van der Waals surface area contributed by atoms with E-state index in [4.69, 9.17) is 4.74 Å². The lowest BCUT2D eigenvalue weighted by Crippen LogP contribution is -2.42. The van der Waals surface area contributed by atoms with Gasteiger partial charge in [0, 0.05) is 0 Å². The van der Waals surface area contributed by atoms with E-state index in [2.05, 4.69) is 10.1 Å². The fourth-order valence-corrected chi connectivity index (χ4v) is 2.73. The SMILES string of the molecule is FC(F)Oc1ccc2c(c1)CO[C@H]1CCCN[C@@H]21. The third kappa shape index (κ3) is 2.20. The van der Waals surface area contributed by atoms with Crippen molar-refractivity contribution in [3.8, 4) is 5.75 Å². The van der Waals surface area contributed by atoms with Crippen LogP contribution in [0.25, 0.3) is 0 Å². The van der Waals surface area contributed by atoms with Gasteiger partial charge in [-0.05, 0) is 42.6 Å². The Morgan fingerprint density at radius 1 is 1.39 bits per heavy atom. The molecular weight excluding hydrogens is 240 g/mol. The first-order valence-corrected chi connectivity index (χ1v) is 6.16. The smallest absolute Gasteiger partial charge is 0.387 e. The van der Waals surface area contributed by atoms with Gasteiger partial charge in [-0.1, -0.05) is 6.07 Å². The molecule has 2 heterocycles. The first kappa shape index (κ1) is 11.9. The van der Waals surface area contributed by atoms with Crippen LogP contribution in [0.1, 0.15) is 30.0 Å². The Labute approximate surface area is 104 Å². The van der Waals surface area contributed by atoms with Crippen LogP contribution in [0, 0.1) is 0 Å². The normalized spacial score (nSPS) is 26.6. The first-order valence-electron chi connectivity index (χ1n) is 6.16. The predicted molar refractivity (Wildman–Crippen MR) is 61.6 cm³/mol. The average molecular weight is 255 g/mol. The highest BCUT2D eigenvalue weighted by atomic mass is 19.3. The number of ether oxygens (including phenoxy) is 2. The molecule has 0 saturated carbocycles. The van der Waals surface area contributed by atoms with E-state index < -0.39 is 6.61 Å². The number of hydrogen-bond donors (Lipinski definition) is 1. The van der Waals surface area contributed by atoms with E-state index in [0.717, 1.165) is 30.5 Å². The van der Waals surface area contributed by atoms with Gasteiger partial charge in [0.1, 0.15) is 5.75 Å². The van der Waals surface area contributed by atoms with Gasteiger partial charge in [0.25, 0.3) is 0 Å². The molecule has 0 aromatic heterocycles. The summed E-state index contributed by atoms with van der Waals surface area (Å²) in [6.07, 6.45) is 2.36. The summed E-state index contributed by atoms with van der Waals surface area (Å²) in [5, 5.41) is 3.42. The van der Waals surface area contributed by atoms with Crippen molar-refractivity contribution in [1.82, 2.24) is 5.32 Å². The average Bonchev–Trinajstić information content (AvgIpc) is 2.37. The van der Waals surface area contributed by atoms with Gasteiger partial charge in [0.15, 0.2) is 0 Å². The molecule has 0 aliphatic carbocycles. The molecule has 0 radical (unpaired) electrons. The minimum atomic E-state index is -2.78. The Bertz CT molecular complexity index is 439. The number of piperidine rings is 1. The molecule has 3 rings (SSSR count). The molecule has 0 unspecified atom stereocenters. The molecule has 1 saturated heterocycles. The highest BCUT2D eigenvalue weighted by Gasteiger charge is 2.32. The van der Waals surface area contributed by atoms with Crippen molar-refractivity contribution >= 4 is 0 Å². The predicted octanol–water partition coefficient (Wildman–Crippen LogP) is 2.61. The second-order valence-corrected chi connectivity index (χ2v) is 4.66. The summed E-state index contributed by atoms with van der Waals surface area (Å²) in [5.74, 6) is 0.196. The molecule has 2 aliphatic rings. The van der Waals surface area contributed by atoms with Crippen LogP contribution in [0.15, 0.2) is 18.2 Å². The molecule has 18 heavy (non-hydrogen) atoms. The Morgan fingerprint density at radius 3 is 3.11 bits per heavy atom. The van der Waals surface area contributed by atoms with E-state index >= 15 is 0 Å².